The summed E-state index contributed by atoms with van der Waals surface area (Å²) in [5.74, 6) is 0.414. The summed E-state index contributed by atoms with van der Waals surface area (Å²) < 4.78 is 0. The fraction of sp³-hybridized carbons (Fsp3) is 0.818. The summed E-state index contributed by atoms with van der Waals surface area (Å²) in [6.07, 6.45) is 0.948. The summed E-state index contributed by atoms with van der Waals surface area (Å²) in [5, 5.41) is 7.87. The molecule has 0 saturated carbocycles. The lowest BCUT2D eigenvalue weighted by atomic mass is 10.1. The first-order chi connectivity index (χ1) is 7.41. The van der Waals surface area contributed by atoms with E-state index in [1.165, 1.54) is 0 Å². The average Bonchev–Trinajstić information content (AvgIpc) is 2.13. The van der Waals surface area contributed by atoms with E-state index in [4.69, 9.17) is 0 Å². The van der Waals surface area contributed by atoms with Gasteiger partial charge in [-0.25, -0.2) is 4.79 Å². The third-order valence-corrected chi connectivity index (χ3v) is 1.87. The van der Waals surface area contributed by atoms with Crippen molar-refractivity contribution < 1.29 is 9.59 Å². The van der Waals surface area contributed by atoms with E-state index >= 15 is 0 Å². The van der Waals surface area contributed by atoms with Crippen molar-refractivity contribution in [2.24, 2.45) is 5.92 Å². The van der Waals surface area contributed by atoms with E-state index in [0.29, 0.717) is 12.5 Å². The molecule has 3 amide bonds. The van der Waals surface area contributed by atoms with Crippen LogP contribution in [0.15, 0.2) is 0 Å². The van der Waals surface area contributed by atoms with Crippen LogP contribution in [0.1, 0.15) is 34.1 Å². The third-order valence-electron chi connectivity index (χ3n) is 1.87. The van der Waals surface area contributed by atoms with Crippen LogP contribution in [0.3, 0.4) is 0 Å². The molecule has 94 valence electrons. The van der Waals surface area contributed by atoms with Gasteiger partial charge in [-0.15, -0.1) is 0 Å². The summed E-state index contributed by atoms with van der Waals surface area (Å²) in [6.45, 7) is 8.60. The van der Waals surface area contributed by atoms with Gasteiger partial charge in [-0.05, 0) is 26.2 Å². The van der Waals surface area contributed by atoms with Crippen LogP contribution >= 0.6 is 0 Å². The highest BCUT2D eigenvalue weighted by atomic mass is 16.2. The van der Waals surface area contributed by atoms with Gasteiger partial charge >= 0.3 is 6.03 Å². The molecule has 0 aromatic rings. The van der Waals surface area contributed by atoms with Crippen molar-refractivity contribution in [2.45, 2.75) is 40.2 Å². The summed E-state index contributed by atoms with van der Waals surface area (Å²) >= 11 is 0. The quantitative estimate of drug-likeness (QED) is 0.632. The Labute approximate surface area is 97.4 Å². The molecule has 0 rings (SSSR count). The van der Waals surface area contributed by atoms with E-state index in [2.05, 4.69) is 29.8 Å². The second kappa shape index (κ2) is 7.96. The van der Waals surface area contributed by atoms with Crippen LogP contribution in [0.25, 0.3) is 0 Å². The summed E-state index contributed by atoms with van der Waals surface area (Å²) in [7, 11) is 0. The fourth-order valence-corrected chi connectivity index (χ4v) is 1.04. The summed E-state index contributed by atoms with van der Waals surface area (Å²) in [6, 6.07) is -0.238. The molecule has 0 atom stereocenters. The highest BCUT2D eigenvalue weighted by molar-refractivity contribution is 5.83. The largest absolute Gasteiger partial charge is 0.355 e. The Bertz CT molecular complexity index is 227. The lowest BCUT2D eigenvalue weighted by molar-refractivity contribution is -0.120. The normalized spacial score (nSPS) is 10.4. The predicted molar refractivity (Wildman–Crippen MR) is 64.1 cm³/mol. The van der Waals surface area contributed by atoms with Gasteiger partial charge in [0.25, 0.3) is 0 Å². The van der Waals surface area contributed by atoms with Gasteiger partial charge in [-0.2, -0.15) is 0 Å². The van der Waals surface area contributed by atoms with Gasteiger partial charge < -0.3 is 16.0 Å². The van der Waals surface area contributed by atoms with E-state index < -0.39 is 0 Å². The summed E-state index contributed by atoms with van der Waals surface area (Å²) in [5.41, 5.74) is 0. The smallest absolute Gasteiger partial charge is 0.315 e. The van der Waals surface area contributed by atoms with Crippen molar-refractivity contribution in [3.8, 4) is 0 Å². The number of hydrogen-bond acceptors (Lipinski definition) is 2. The molecule has 0 saturated heterocycles. The van der Waals surface area contributed by atoms with Crippen molar-refractivity contribution in [2.75, 3.05) is 13.1 Å². The maximum absolute atomic E-state index is 11.3. The Balaban J connectivity index is 3.53. The molecule has 0 unspecified atom stereocenters. The van der Waals surface area contributed by atoms with E-state index in [1.807, 2.05) is 13.8 Å². The maximum atomic E-state index is 11.3. The minimum absolute atomic E-state index is 0.0245. The minimum atomic E-state index is -0.311. The molecule has 0 aromatic heterocycles. The maximum Gasteiger partial charge on any atom is 0.315 e. The first-order valence-corrected chi connectivity index (χ1v) is 5.73. The molecule has 5 heteroatoms. The second-order valence-electron chi connectivity index (χ2n) is 4.51. The lowest BCUT2D eigenvalue weighted by Gasteiger charge is -2.10. The lowest BCUT2D eigenvalue weighted by Crippen LogP contribution is -2.44. The average molecular weight is 229 g/mol. The Morgan fingerprint density at radius 3 is 2.19 bits per heavy atom. The second-order valence-corrected chi connectivity index (χ2v) is 4.51. The molecular weight excluding hydrogens is 206 g/mol. The van der Waals surface area contributed by atoms with Gasteiger partial charge in [0.05, 0.1) is 6.54 Å². The van der Waals surface area contributed by atoms with Crippen molar-refractivity contribution >= 4 is 11.9 Å². The van der Waals surface area contributed by atoms with Crippen molar-refractivity contribution in [1.82, 2.24) is 16.0 Å². The predicted octanol–water partition coefficient (Wildman–Crippen LogP) is 0.856. The van der Waals surface area contributed by atoms with Gasteiger partial charge in [0.1, 0.15) is 0 Å². The van der Waals surface area contributed by atoms with Crippen LogP contribution in [0.4, 0.5) is 4.79 Å². The first kappa shape index (κ1) is 14.7. The molecular formula is C11H23N3O2. The number of amides is 3. The number of urea groups is 1. The number of carbonyl (C=O) groups excluding carboxylic acids is 2. The van der Waals surface area contributed by atoms with E-state index in [0.717, 1.165) is 6.42 Å². The molecule has 0 spiro atoms. The van der Waals surface area contributed by atoms with Crippen LogP contribution in [-0.2, 0) is 4.79 Å². The zero-order chi connectivity index (χ0) is 12.6. The van der Waals surface area contributed by atoms with Crippen LogP contribution in [-0.4, -0.2) is 31.1 Å². The first-order valence-electron chi connectivity index (χ1n) is 5.73. The fourth-order valence-electron chi connectivity index (χ4n) is 1.04. The molecule has 0 radical (unpaired) electrons. The van der Waals surface area contributed by atoms with E-state index in [-0.39, 0.29) is 24.5 Å². The molecule has 0 aliphatic rings. The standard InChI is InChI=1S/C11H23N3O2/c1-8(2)5-6-12-10(15)7-13-11(16)14-9(3)4/h8-9H,5-7H2,1-4H3,(H,12,15)(H2,13,14,16). The number of nitrogens with one attached hydrogen (secondary N) is 3. The molecule has 0 fully saturated rings. The number of carbonyl (C=O) groups is 2. The molecule has 0 aliphatic heterocycles. The monoisotopic (exact) mass is 229 g/mol. The van der Waals surface area contributed by atoms with Crippen molar-refractivity contribution in [1.29, 1.82) is 0 Å². The zero-order valence-corrected chi connectivity index (χ0v) is 10.6. The molecule has 16 heavy (non-hydrogen) atoms. The van der Waals surface area contributed by atoms with Crippen LogP contribution in [0.2, 0.25) is 0 Å². The molecule has 0 aliphatic carbocycles. The van der Waals surface area contributed by atoms with Gasteiger partial charge in [0.2, 0.25) is 5.91 Å². The topological polar surface area (TPSA) is 70.2 Å². The SMILES string of the molecule is CC(C)CCNC(=O)CNC(=O)NC(C)C. The summed E-state index contributed by atoms with van der Waals surface area (Å²) in [4.78, 5) is 22.4. The number of hydrogen-bond donors (Lipinski definition) is 3. The minimum Gasteiger partial charge on any atom is -0.355 e. The van der Waals surface area contributed by atoms with Crippen LogP contribution in [0.5, 0.6) is 0 Å². The highest BCUT2D eigenvalue weighted by Gasteiger charge is 2.05. The van der Waals surface area contributed by atoms with Crippen molar-refractivity contribution in [3.05, 3.63) is 0 Å². The highest BCUT2D eigenvalue weighted by Crippen LogP contribution is 1.95. The van der Waals surface area contributed by atoms with Crippen LogP contribution in [0, 0.1) is 5.92 Å². The van der Waals surface area contributed by atoms with Crippen molar-refractivity contribution in [3.63, 3.8) is 0 Å². The van der Waals surface area contributed by atoms with Crippen LogP contribution < -0.4 is 16.0 Å². The van der Waals surface area contributed by atoms with Gasteiger partial charge in [0.15, 0.2) is 0 Å². The third kappa shape index (κ3) is 9.30. The Hall–Kier alpha value is -1.26. The molecule has 5 nitrogen and oxygen atoms in total. The number of rotatable bonds is 6. The molecule has 3 N–H and O–H groups in total. The van der Waals surface area contributed by atoms with Gasteiger partial charge in [-0.1, -0.05) is 13.8 Å². The van der Waals surface area contributed by atoms with E-state index in [1.54, 1.807) is 0 Å². The zero-order valence-electron chi connectivity index (χ0n) is 10.6. The molecule has 0 heterocycles. The van der Waals surface area contributed by atoms with Gasteiger partial charge in [0, 0.05) is 12.6 Å². The Kier molecular flexibility index (Phi) is 7.33. The Morgan fingerprint density at radius 2 is 1.69 bits per heavy atom. The molecule has 0 bridgehead atoms. The van der Waals surface area contributed by atoms with Gasteiger partial charge in [-0.3, -0.25) is 4.79 Å². The molecule has 0 aromatic carbocycles. The van der Waals surface area contributed by atoms with E-state index in [9.17, 15) is 9.59 Å². The Morgan fingerprint density at radius 1 is 1.06 bits per heavy atom.